The monoisotopic (exact) mass is 285 g/mol. The van der Waals surface area contributed by atoms with Crippen molar-refractivity contribution in [1.29, 1.82) is 0 Å². The molecule has 1 aliphatic carbocycles. The van der Waals surface area contributed by atoms with E-state index in [0.29, 0.717) is 6.42 Å². The second-order valence-electron chi connectivity index (χ2n) is 5.80. The van der Waals surface area contributed by atoms with Gasteiger partial charge in [0.05, 0.1) is 5.41 Å². The predicted octanol–water partition coefficient (Wildman–Crippen LogP) is 2.76. The summed E-state index contributed by atoms with van der Waals surface area (Å²) < 4.78 is 1.96. The summed E-state index contributed by atoms with van der Waals surface area (Å²) in [6, 6.07) is 9.85. The van der Waals surface area contributed by atoms with Crippen LogP contribution in [0.25, 0.3) is 5.69 Å². The van der Waals surface area contributed by atoms with Gasteiger partial charge in [-0.3, -0.25) is 9.36 Å². The molecule has 1 saturated carbocycles. The number of aromatic nitrogens is 3. The Kier molecular flexibility index (Phi) is 3.49. The maximum Gasteiger partial charge on any atom is 0.310 e. The Hall–Kier alpha value is -2.17. The summed E-state index contributed by atoms with van der Waals surface area (Å²) in [6.07, 6.45) is 3.85. The molecule has 3 rings (SSSR count). The van der Waals surface area contributed by atoms with Crippen LogP contribution in [0.5, 0.6) is 0 Å². The molecule has 110 valence electrons. The second kappa shape index (κ2) is 5.31. The number of hydrogen-bond donors (Lipinski definition) is 1. The highest BCUT2D eigenvalue weighted by molar-refractivity contribution is 5.75. The standard InChI is InChI=1S/C16H19N3O2/c1-12-17-18-14(19(12)13-7-3-2-4-8-13)11-16(15(20)21)9-5-6-10-16/h2-4,7-8H,5-6,9-11H2,1H3,(H,20,21). The van der Waals surface area contributed by atoms with Crippen LogP contribution in [0.15, 0.2) is 30.3 Å². The molecule has 1 aliphatic rings. The second-order valence-corrected chi connectivity index (χ2v) is 5.80. The molecule has 0 spiro atoms. The summed E-state index contributed by atoms with van der Waals surface area (Å²) in [5.41, 5.74) is 0.306. The maximum atomic E-state index is 11.7. The Balaban J connectivity index is 1.99. The SMILES string of the molecule is Cc1nnc(CC2(C(=O)O)CCCC2)n1-c1ccccc1. The van der Waals surface area contributed by atoms with Gasteiger partial charge in [0.25, 0.3) is 0 Å². The van der Waals surface area contributed by atoms with E-state index < -0.39 is 11.4 Å². The average molecular weight is 285 g/mol. The summed E-state index contributed by atoms with van der Waals surface area (Å²) >= 11 is 0. The predicted molar refractivity (Wildman–Crippen MR) is 78.3 cm³/mol. The van der Waals surface area contributed by atoms with Crippen molar-refractivity contribution in [3.8, 4) is 5.69 Å². The molecule has 0 saturated heterocycles. The van der Waals surface area contributed by atoms with Crippen molar-refractivity contribution in [3.63, 3.8) is 0 Å². The minimum absolute atomic E-state index is 0.443. The van der Waals surface area contributed by atoms with E-state index in [1.54, 1.807) is 0 Å². The molecule has 0 radical (unpaired) electrons. The Morgan fingerprint density at radius 2 is 1.90 bits per heavy atom. The molecule has 0 atom stereocenters. The molecule has 0 aliphatic heterocycles. The van der Waals surface area contributed by atoms with Gasteiger partial charge >= 0.3 is 5.97 Å². The number of benzene rings is 1. The third-order valence-electron chi connectivity index (χ3n) is 4.42. The molecule has 2 aromatic rings. The number of aliphatic carboxylic acids is 1. The van der Waals surface area contributed by atoms with Gasteiger partial charge in [-0.15, -0.1) is 10.2 Å². The maximum absolute atomic E-state index is 11.7. The number of hydrogen-bond acceptors (Lipinski definition) is 3. The molecular weight excluding hydrogens is 266 g/mol. The topological polar surface area (TPSA) is 68.0 Å². The van der Waals surface area contributed by atoms with Gasteiger partial charge in [0, 0.05) is 12.1 Å². The number of para-hydroxylation sites is 1. The Morgan fingerprint density at radius 1 is 1.24 bits per heavy atom. The van der Waals surface area contributed by atoms with E-state index in [-0.39, 0.29) is 0 Å². The molecule has 1 fully saturated rings. The fourth-order valence-corrected chi connectivity index (χ4v) is 3.25. The van der Waals surface area contributed by atoms with E-state index in [1.807, 2.05) is 41.8 Å². The molecule has 0 amide bonds. The molecule has 0 bridgehead atoms. The van der Waals surface area contributed by atoms with Crippen molar-refractivity contribution < 1.29 is 9.90 Å². The van der Waals surface area contributed by atoms with Crippen LogP contribution in [-0.2, 0) is 11.2 Å². The lowest BCUT2D eigenvalue weighted by Gasteiger charge is -2.23. The first-order valence-corrected chi connectivity index (χ1v) is 7.32. The van der Waals surface area contributed by atoms with Gasteiger partial charge in [-0.05, 0) is 31.9 Å². The molecule has 1 heterocycles. The minimum atomic E-state index is -0.708. The minimum Gasteiger partial charge on any atom is -0.481 e. The van der Waals surface area contributed by atoms with Crippen LogP contribution in [0.3, 0.4) is 0 Å². The van der Waals surface area contributed by atoms with Crippen LogP contribution in [0.2, 0.25) is 0 Å². The fraction of sp³-hybridized carbons (Fsp3) is 0.438. The Labute approximate surface area is 123 Å². The molecule has 1 aromatic heterocycles. The van der Waals surface area contributed by atoms with Crippen molar-refractivity contribution in [2.45, 2.75) is 39.0 Å². The van der Waals surface area contributed by atoms with Gasteiger partial charge in [-0.25, -0.2) is 0 Å². The smallest absolute Gasteiger partial charge is 0.310 e. The fourth-order valence-electron chi connectivity index (χ4n) is 3.25. The number of carbonyl (C=O) groups is 1. The largest absolute Gasteiger partial charge is 0.481 e. The first kappa shape index (κ1) is 13.8. The van der Waals surface area contributed by atoms with E-state index in [9.17, 15) is 9.90 Å². The van der Waals surface area contributed by atoms with Crippen molar-refractivity contribution in [1.82, 2.24) is 14.8 Å². The molecule has 21 heavy (non-hydrogen) atoms. The highest BCUT2D eigenvalue weighted by Gasteiger charge is 2.42. The summed E-state index contributed by atoms with van der Waals surface area (Å²) in [4.78, 5) is 11.7. The zero-order valence-electron chi connectivity index (χ0n) is 12.1. The third-order valence-corrected chi connectivity index (χ3v) is 4.42. The summed E-state index contributed by atoms with van der Waals surface area (Å²) in [7, 11) is 0. The van der Waals surface area contributed by atoms with Gasteiger partial charge in [0.2, 0.25) is 0 Å². The number of aryl methyl sites for hydroxylation is 1. The van der Waals surface area contributed by atoms with E-state index in [2.05, 4.69) is 10.2 Å². The third kappa shape index (κ3) is 2.44. The van der Waals surface area contributed by atoms with Crippen LogP contribution in [0.1, 0.15) is 37.3 Å². The van der Waals surface area contributed by atoms with Gasteiger partial charge in [-0.2, -0.15) is 0 Å². The van der Waals surface area contributed by atoms with Crippen molar-refractivity contribution in [3.05, 3.63) is 42.0 Å². The summed E-state index contributed by atoms with van der Waals surface area (Å²) in [5.74, 6) is 0.818. The Morgan fingerprint density at radius 3 is 2.52 bits per heavy atom. The van der Waals surface area contributed by atoms with Gasteiger partial charge in [0.1, 0.15) is 11.6 Å². The van der Waals surface area contributed by atoms with Crippen LogP contribution in [0.4, 0.5) is 0 Å². The van der Waals surface area contributed by atoms with Crippen molar-refractivity contribution in [2.75, 3.05) is 0 Å². The van der Waals surface area contributed by atoms with Gasteiger partial charge in [-0.1, -0.05) is 31.0 Å². The molecule has 0 unspecified atom stereocenters. The highest BCUT2D eigenvalue weighted by Crippen LogP contribution is 2.41. The van der Waals surface area contributed by atoms with Crippen LogP contribution in [-0.4, -0.2) is 25.8 Å². The van der Waals surface area contributed by atoms with E-state index in [4.69, 9.17) is 0 Å². The molecule has 1 aromatic carbocycles. The zero-order valence-corrected chi connectivity index (χ0v) is 12.1. The van der Waals surface area contributed by atoms with Crippen LogP contribution in [0, 0.1) is 12.3 Å². The van der Waals surface area contributed by atoms with E-state index in [0.717, 1.165) is 43.0 Å². The quantitative estimate of drug-likeness (QED) is 0.938. The lowest BCUT2D eigenvalue weighted by atomic mass is 9.82. The number of carboxylic acids is 1. The van der Waals surface area contributed by atoms with E-state index in [1.165, 1.54) is 0 Å². The highest BCUT2D eigenvalue weighted by atomic mass is 16.4. The number of nitrogens with zero attached hydrogens (tertiary/aromatic N) is 3. The van der Waals surface area contributed by atoms with Gasteiger partial charge in [0.15, 0.2) is 0 Å². The lowest BCUT2D eigenvalue weighted by Crippen LogP contribution is -2.31. The van der Waals surface area contributed by atoms with Gasteiger partial charge < -0.3 is 5.11 Å². The summed E-state index contributed by atoms with van der Waals surface area (Å²) in [6.45, 7) is 1.89. The first-order chi connectivity index (χ1) is 10.1. The van der Waals surface area contributed by atoms with Crippen LogP contribution < -0.4 is 0 Å². The normalized spacial score (nSPS) is 17.0. The Bertz CT molecular complexity index is 643. The molecule has 5 nitrogen and oxygen atoms in total. The number of rotatable bonds is 4. The zero-order chi connectivity index (χ0) is 14.9. The van der Waals surface area contributed by atoms with Crippen molar-refractivity contribution in [2.24, 2.45) is 5.41 Å². The number of carboxylic acid groups (broad SMARTS) is 1. The van der Waals surface area contributed by atoms with Crippen LogP contribution >= 0.6 is 0 Å². The lowest BCUT2D eigenvalue weighted by molar-refractivity contribution is -0.148. The van der Waals surface area contributed by atoms with E-state index >= 15 is 0 Å². The first-order valence-electron chi connectivity index (χ1n) is 7.32. The molecule has 5 heteroatoms. The van der Waals surface area contributed by atoms with Crippen molar-refractivity contribution >= 4 is 5.97 Å². The molecule has 1 N–H and O–H groups in total. The average Bonchev–Trinajstić information content (AvgIpc) is 3.09. The summed E-state index contributed by atoms with van der Waals surface area (Å²) in [5, 5.41) is 18.0. The molecular formula is C16H19N3O2.